The van der Waals surface area contributed by atoms with Gasteiger partial charge in [-0.15, -0.1) is 0 Å². The van der Waals surface area contributed by atoms with Crippen molar-refractivity contribution < 1.29 is 22.4 Å². The van der Waals surface area contributed by atoms with Gasteiger partial charge in [-0.3, -0.25) is 0 Å². The molecule has 0 bridgehead atoms. The molecule has 0 aliphatic carbocycles. The molecule has 38 heavy (non-hydrogen) atoms. The average Bonchev–Trinajstić information content (AvgIpc) is 3.37. The van der Waals surface area contributed by atoms with Crippen molar-refractivity contribution in [1.29, 1.82) is 0 Å². The van der Waals surface area contributed by atoms with Gasteiger partial charge in [0, 0.05) is 12.3 Å². The number of rotatable bonds is 10. The van der Waals surface area contributed by atoms with Crippen LogP contribution in [0.15, 0.2) is 75.6 Å². The Hall–Kier alpha value is -2.93. The first kappa shape index (κ1) is 33.1. The first-order chi connectivity index (χ1) is 17.8. The molecule has 0 fully saturated rings. The van der Waals surface area contributed by atoms with Crippen LogP contribution in [0.4, 0.5) is 13.2 Å². The normalized spacial score (nSPS) is 13.9. The molecule has 0 radical (unpaired) electrons. The summed E-state index contributed by atoms with van der Waals surface area (Å²) in [5, 5.41) is 0.265. The summed E-state index contributed by atoms with van der Waals surface area (Å²) in [7, 11) is 0. The van der Waals surface area contributed by atoms with Gasteiger partial charge in [-0.1, -0.05) is 26.3 Å². The van der Waals surface area contributed by atoms with Crippen molar-refractivity contribution in [2.24, 2.45) is 0 Å². The molecule has 2 aromatic heterocycles. The molecule has 0 saturated carbocycles. The Balaban J connectivity index is 0.000000437. The Morgan fingerprint density at radius 3 is 2.32 bits per heavy atom. The monoisotopic (exact) mass is 545 g/mol. The van der Waals surface area contributed by atoms with Gasteiger partial charge < -0.3 is 0 Å². The minimum absolute atomic E-state index is 0.187. The van der Waals surface area contributed by atoms with Gasteiger partial charge in [-0.2, -0.15) is 4.39 Å². The predicted molar refractivity (Wildman–Crippen MR) is 154 cm³/mol. The number of alkyl halides is 2. The van der Waals surface area contributed by atoms with Crippen molar-refractivity contribution in [3.63, 3.8) is 0 Å². The van der Waals surface area contributed by atoms with E-state index in [0.717, 1.165) is 31.7 Å². The Morgan fingerprint density at radius 1 is 1.18 bits per heavy atom. The fourth-order valence-corrected chi connectivity index (χ4v) is 3.91. The molecule has 2 rings (SSSR count). The second-order valence-electron chi connectivity index (χ2n) is 8.79. The molecule has 0 spiro atoms. The molecule has 0 N–H and O–H groups in total. The summed E-state index contributed by atoms with van der Waals surface area (Å²) in [6.07, 6.45) is 12.8. The van der Waals surface area contributed by atoms with Crippen LogP contribution in [-0.2, 0) is 4.79 Å². The molecule has 8 heteroatoms. The summed E-state index contributed by atoms with van der Waals surface area (Å²) in [6.45, 7) is 12.6. The SMILES string of the molecule is CC/C=C(\CCC)c1ccnc(F)c1.C\C=C(/C=C(\C(C)=B/C(C(C)=O)=C(\C)Cl)C(C)(F)F)c1ccoc1. The zero-order valence-electron chi connectivity index (χ0n) is 23.2. The molecule has 0 amide bonds. The minimum atomic E-state index is -3.08. The summed E-state index contributed by atoms with van der Waals surface area (Å²) in [5.74, 6) is -3.76. The summed E-state index contributed by atoms with van der Waals surface area (Å²) >= 11 is 5.90. The van der Waals surface area contributed by atoms with Crippen molar-refractivity contribution >= 4 is 40.9 Å². The van der Waals surface area contributed by atoms with Gasteiger partial charge in [0.1, 0.15) is 0 Å². The molecule has 0 atom stereocenters. The van der Waals surface area contributed by atoms with Crippen molar-refractivity contribution in [3.05, 3.63) is 88.3 Å². The van der Waals surface area contributed by atoms with E-state index in [9.17, 15) is 18.0 Å². The number of hydrogen-bond donors (Lipinski definition) is 0. The number of furan rings is 1. The number of halogens is 4. The zero-order valence-corrected chi connectivity index (χ0v) is 23.9. The summed E-state index contributed by atoms with van der Waals surface area (Å²) in [4.78, 5) is 15.2. The van der Waals surface area contributed by atoms with E-state index in [-0.39, 0.29) is 27.3 Å². The third-order valence-corrected chi connectivity index (χ3v) is 5.75. The third-order valence-electron chi connectivity index (χ3n) is 5.54. The van der Waals surface area contributed by atoms with E-state index < -0.39 is 11.9 Å². The van der Waals surface area contributed by atoms with Crippen LogP contribution in [0, 0.1) is 5.95 Å². The predicted octanol–water partition coefficient (Wildman–Crippen LogP) is 9.03. The number of Topliss-reactive ketones (excluding diaryl/α,β-unsaturated/α-hetero) is 1. The molecular weight excluding hydrogens is 510 g/mol. The van der Waals surface area contributed by atoms with Crippen molar-refractivity contribution in [3.8, 4) is 0 Å². The number of nitrogens with zero attached hydrogens (tertiary/aromatic N) is 1. The second kappa shape index (κ2) is 16.1. The maximum atomic E-state index is 14.1. The van der Waals surface area contributed by atoms with Crippen LogP contribution in [0.2, 0.25) is 0 Å². The van der Waals surface area contributed by atoms with Crippen LogP contribution in [0.3, 0.4) is 0 Å². The fraction of sp³-hybridized carbons (Fsp3) is 0.367. The van der Waals surface area contributed by atoms with Crippen LogP contribution >= 0.6 is 11.6 Å². The molecular formula is C30H36BClF3NO2. The molecule has 0 aliphatic heterocycles. The Kier molecular flexibility index (Phi) is 14.1. The van der Waals surface area contributed by atoms with E-state index in [2.05, 4.69) is 24.9 Å². The second-order valence-corrected chi connectivity index (χ2v) is 9.35. The summed E-state index contributed by atoms with van der Waals surface area (Å²) < 4.78 is 46.1. The first-order valence-corrected chi connectivity index (χ1v) is 12.9. The first-order valence-electron chi connectivity index (χ1n) is 12.5. The van der Waals surface area contributed by atoms with Gasteiger partial charge in [0.05, 0.1) is 0 Å². The molecule has 3 nitrogen and oxygen atoms in total. The topological polar surface area (TPSA) is 43.1 Å². The molecule has 2 aromatic rings. The molecule has 204 valence electrons. The molecule has 0 unspecified atom stereocenters. The van der Waals surface area contributed by atoms with E-state index in [4.69, 9.17) is 16.0 Å². The molecule has 0 aliphatic rings. The molecule has 0 saturated heterocycles. The van der Waals surface area contributed by atoms with E-state index in [1.807, 2.05) is 6.07 Å². The van der Waals surface area contributed by atoms with Crippen LogP contribution in [0.1, 0.15) is 78.9 Å². The summed E-state index contributed by atoms with van der Waals surface area (Å²) in [6, 6.07) is 5.05. The standard InChI is InChI=1S/C18H20BClF2O2.C12H16FN/c1-6-14(15-7-8-24-10-15)9-16(18(5,21)22)11(2)19-17(12(3)20)13(4)23;1-3-5-10(6-4-2)11-7-8-14-12(13)9-11/h6-10H,1-5H3;5,7-9H,3-4,6H2,1-2H3/b14-6+,16-9+,17-12+;10-5+. The van der Waals surface area contributed by atoms with Gasteiger partial charge in [0.25, 0.3) is 0 Å². The van der Waals surface area contributed by atoms with E-state index in [1.165, 1.54) is 57.2 Å². The van der Waals surface area contributed by atoms with Crippen molar-refractivity contribution in [2.45, 2.75) is 73.7 Å². The van der Waals surface area contributed by atoms with Gasteiger partial charge in [-0.25, -0.2) is 4.98 Å². The van der Waals surface area contributed by atoms with Crippen molar-refractivity contribution in [2.75, 3.05) is 0 Å². The van der Waals surface area contributed by atoms with Gasteiger partial charge >= 0.3 is 146 Å². The third kappa shape index (κ3) is 10.8. The Morgan fingerprint density at radius 2 is 1.87 bits per heavy atom. The average molecular weight is 546 g/mol. The van der Waals surface area contributed by atoms with E-state index >= 15 is 0 Å². The number of carbonyl (C=O) groups excluding carboxylic acids is 1. The summed E-state index contributed by atoms with van der Waals surface area (Å²) in [5.41, 5.74) is 3.78. The maximum absolute atomic E-state index is 14.1. The van der Waals surface area contributed by atoms with E-state index in [1.54, 1.807) is 26.0 Å². The van der Waals surface area contributed by atoms with E-state index in [0.29, 0.717) is 11.1 Å². The number of aromatic nitrogens is 1. The van der Waals surface area contributed by atoms with Gasteiger partial charge in [0.2, 0.25) is 5.95 Å². The number of pyridine rings is 1. The number of allylic oxidation sites excluding steroid dienone is 8. The van der Waals surface area contributed by atoms with Gasteiger partial charge in [-0.05, 0) is 30.0 Å². The van der Waals surface area contributed by atoms with Crippen LogP contribution in [0.5, 0.6) is 0 Å². The fourth-order valence-electron chi connectivity index (χ4n) is 3.72. The number of hydrogen-bond acceptors (Lipinski definition) is 3. The Labute approximate surface area is 230 Å². The number of carbonyl (C=O) groups is 1. The van der Waals surface area contributed by atoms with Crippen LogP contribution in [0.25, 0.3) is 11.1 Å². The van der Waals surface area contributed by atoms with Gasteiger partial charge in [0.15, 0.2) is 0 Å². The van der Waals surface area contributed by atoms with Crippen LogP contribution in [-0.4, -0.2) is 29.1 Å². The van der Waals surface area contributed by atoms with Crippen molar-refractivity contribution in [1.82, 2.24) is 4.98 Å². The van der Waals surface area contributed by atoms with Crippen LogP contribution < -0.4 is 0 Å². The molecule has 2 heterocycles. The number of ketones is 1. The zero-order chi connectivity index (χ0) is 28.9. The quantitative estimate of drug-likeness (QED) is 0.129. The molecule has 0 aromatic carbocycles. The Bertz CT molecular complexity index is 1220.